The highest BCUT2D eigenvalue weighted by molar-refractivity contribution is 5.93. The molecule has 6 heteroatoms. The molecule has 0 saturated carbocycles. The number of anilines is 1. The smallest absolute Gasteiger partial charge is 0.414 e. The number of aryl methyl sites for hydroxylation is 1. The molecule has 0 radical (unpaired) electrons. The topological polar surface area (TPSA) is 81.6 Å². The molecule has 94 valence electrons. The van der Waals surface area contributed by atoms with Gasteiger partial charge in [0.15, 0.2) is 5.58 Å². The molecule has 0 aliphatic carbocycles. The number of benzene rings is 1. The Morgan fingerprint density at radius 3 is 3.17 bits per heavy atom. The number of aromatic nitrogens is 1. The van der Waals surface area contributed by atoms with E-state index in [1.807, 2.05) is 19.1 Å². The highest BCUT2D eigenvalue weighted by Crippen LogP contribution is 2.28. The Morgan fingerprint density at radius 2 is 2.39 bits per heavy atom. The molecule has 1 saturated heterocycles. The summed E-state index contributed by atoms with van der Waals surface area (Å²) in [6.07, 6.45) is -0.374. The number of nitrogens with two attached hydrogens (primary N) is 1. The third-order valence-corrected chi connectivity index (χ3v) is 3.15. The van der Waals surface area contributed by atoms with Crippen LogP contribution in [0.2, 0.25) is 0 Å². The molecule has 1 unspecified atom stereocenters. The molecule has 1 aliphatic heterocycles. The normalized spacial score (nSPS) is 19.6. The number of ether oxygens (including phenoxy) is 1. The number of rotatable bonds is 2. The highest BCUT2D eigenvalue weighted by atomic mass is 16.6. The van der Waals surface area contributed by atoms with Gasteiger partial charge in [-0.05, 0) is 19.1 Å². The van der Waals surface area contributed by atoms with Gasteiger partial charge in [-0.1, -0.05) is 5.16 Å². The lowest BCUT2D eigenvalue weighted by molar-refractivity contribution is 0.179. The average molecular weight is 247 g/mol. The van der Waals surface area contributed by atoms with Gasteiger partial charge in [-0.25, -0.2) is 4.79 Å². The lowest BCUT2D eigenvalue weighted by atomic mass is 10.2. The van der Waals surface area contributed by atoms with E-state index >= 15 is 0 Å². The van der Waals surface area contributed by atoms with Gasteiger partial charge < -0.3 is 15.0 Å². The minimum atomic E-state index is -0.374. The van der Waals surface area contributed by atoms with Gasteiger partial charge in [0.2, 0.25) is 0 Å². The molecule has 2 aromatic rings. The van der Waals surface area contributed by atoms with Gasteiger partial charge >= 0.3 is 6.09 Å². The summed E-state index contributed by atoms with van der Waals surface area (Å²) in [6.45, 7) is 2.56. The van der Waals surface area contributed by atoms with Crippen molar-refractivity contribution in [3.63, 3.8) is 0 Å². The molecule has 1 aromatic carbocycles. The Labute approximate surface area is 103 Å². The van der Waals surface area contributed by atoms with Gasteiger partial charge in [0.25, 0.3) is 0 Å². The number of hydrogen-bond acceptors (Lipinski definition) is 5. The van der Waals surface area contributed by atoms with Crippen LogP contribution in [0.3, 0.4) is 0 Å². The number of nitrogens with zero attached hydrogens (tertiary/aromatic N) is 2. The zero-order chi connectivity index (χ0) is 12.7. The average Bonchev–Trinajstić information content (AvgIpc) is 2.93. The number of fused-ring (bicyclic) bond motifs is 1. The van der Waals surface area contributed by atoms with Crippen molar-refractivity contribution in [1.82, 2.24) is 5.16 Å². The molecule has 0 bridgehead atoms. The van der Waals surface area contributed by atoms with E-state index in [9.17, 15) is 4.79 Å². The zero-order valence-electron chi connectivity index (χ0n) is 9.92. The van der Waals surface area contributed by atoms with Crippen molar-refractivity contribution in [2.75, 3.05) is 18.1 Å². The quantitative estimate of drug-likeness (QED) is 0.867. The van der Waals surface area contributed by atoms with E-state index in [-0.39, 0.29) is 12.1 Å². The molecule has 1 atom stereocenters. The van der Waals surface area contributed by atoms with Crippen LogP contribution in [0.5, 0.6) is 0 Å². The maximum absolute atomic E-state index is 11.7. The molecule has 18 heavy (non-hydrogen) atoms. The highest BCUT2D eigenvalue weighted by Gasteiger charge is 2.33. The molecule has 2 heterocycles. The lowest BCUT2D eigenvalue weighted by Gasteiger charge is -2.19. The predicted octanol–water partition coefficient (Wildman–Crippen LogP) is 1.42. The fourth-order valence-electron chi connectivity index (χ4n) is 2.15. The van der Waals surface area contributed by atoms with Gasteiger partial charge in [-0.2, -0.15) is 0 Å². The van der Waals surface area contributed by atoms with Crippen LogP contribution in [0.4, 0.5) is 10.5 Å². The van der Waals surface area contributed by atoms with E-state index in [0.717, 1.165) is 16.8 Å². The second-order valence-electron chi connectivity index (χ2n) is 4.28. The van der Waals surface area contributed by atoms with E-state index in [0.29, 0.717) is 18.7 Å². The first kappa shape index (κ1) is 11.0. The number of carbonyl (C=O) groups excluding carboxylic acids is 1. The first-order valence-electron chi connectivity index (χ1n) is 5.73. The maximum atomic E-state index is 11.7. The van der Waals surface area contributed by atoms with Crippen LogP contribution in [0, 0.1) is 6.92 Å². The van der Waals surface area contributed by atoms with E-state index in [4.69, 9.17) is 15.0 Å². The predicted molar refractivity (Wildman–Crippen MR) is 65.4 cm³/mol. The van der Waals surface area contributed by atoms with Crippen LogP contribution in [0.1, 0.15) is 5.69 Å². The Hall–Kier alpha value is -2.08. The standard InChI is InChI=1S/C12H13N3O3/c1-7-10-3-2-8(4-11(10)18-14-7)15-9(5-13)6-17-12(15)16/h2-4,9H,5-6,13H2,1H3. The Balaban J connectivity index is 2.05. The van der Waals surface area contributed by atoms with Crippen molar-refractivity contribution in [2.45, 2.75) is 13.0 Å². The zero-order valence-corrected chi connectivity index (χ0v) is 9.92. The summed E-state index contributed by atoms with van der Waals surface area (Å²) in [4.78, 5) is 13.2. The van der Waals surface area contributed by atoms with Crippen molar-refractivity contribution < 1.29 is 14.1 Å². The summed E-state index contributed by atoms with van der Waals surface area (Å²) in [7, 11) is 0. The minimum Gasteiger partial charge on any atom is -0.447 e. The molecular formula is C12H13N3O3. The summed E-state index contributed by atoms with van der Waals surface area (Å²) in [5, 5.41) is 4.83. The monoisotopic (exact) mass is 247 g/mol. The number of hydrogen-bond donors (Lipinski definition) is 1. The molecule has 1 aliphatic rings. The summed E-state index contributed by atoms with van der Waals surface area (Å²) in [5.41, 5.74) is 7.83. The number of cyclic esters (lactones) is 1. The summed E-state index contributed by atoms with van der Waals surface area (Å²) >= 11 is 0. The molecule has 3 rings (SSSR count). The molecule has 1 fully saturated rings. The van der Waals surface area contributed by atoms with Gasteiger partial charge in [-0.3, -0.25) is 4.90 Å². The van der Waals surface area contributed by atoms with Crippen LogP contribution in [-0.2, 0) is 4.74 Å². The van der Waals surface area contributed by atoms with Crippen LogP contribution >= 0.6 is 0 Å². The van der Waals surface area contributed by atoms with Crippen LogP contribution in [-0.4, -0.2) is 30.4 Å². The van der Waals surface area contributed by atoms with Crippen molar-refractivity contribution in [3.8, 4) is 0 Å². The molecule has 0 spiro atoms. The van der Waals surface area contributed by atoms with Gasteiger partial charge in [0.1, 0.15) is 6.61 Å². The van der Waals surface area contributed by atoms with E-state index < -0.39 is 0 Å². The van der Waals surface area contributed by atoms with E-state index in [1.54, 1.807) is 11.0 Å². The number of carbonyl (C=O) groups is 1. The van der Waals surface area contributed by atoms with Gasteiger partial charge in [0.05, 0.1) is 17.4 Å². The maximum Gasteiger partial charge on any atom is 0.414 e. The Bertz CT molecular complexity index is 608. The lowest BCUT2D eigenvalue weighted by Crippen LogP contribution is -2.38. The summed E-state index contributed by atoms with van der Waals surface area (Å²) in [6, 6.07) is 5.39. The fraction of sp³-hybridized carbons (Fsp3) is 0.333. The molecule has 2 N–H and O–H groups in total. The van der Waals surface area contributed by atoms with Gasteiger partial charge in [-0.15, -0.1) is 0 Å². The third-order valence-electron chi connectivity index (χ3n) is 3.15. The Morgan fingerprint density at radius 1 is 1.56 bits per heavy atom. The SMILES string of the molecule is Cc1noc2cc(N3C(=O)OCC3CN)ccc12. The van der Waals surface area contributed by atoms with E-state index in [2.05, 4.69) is 5.16 Å². The first-order valence-corrected chi connectivity index (χ1v) is 5.73. The third kappa shape index (κ3) is 1.53. The van der Waals surface area contributed by atoms with E-state index in [1.165, 1.54) is 0 Å². The molecule has 1 amide bonds. The van der Waals surface area contributed by atoms with Gasteiger partial charge in [0, 0.05) is 18.0 Å². The largest absolute Gasteiger partial charge is 0.447 e. The van der Waals surface area contributed by atoms with Crippen LogP contribution in [0.25, 0.3) is 11.0 Å². The Kier molecular flexibility index (Phi) is 2.45. The molecule has 6 nitrogen and oxygen atoms in total. The van der Waals surface area contributed by atoms with Crippen LogP contribution in [0.15, 0.2) is 22.7 Å². The van der Waals surface area contributed by atoms with Crippen molar-refractivity contribution >= 4 is 22.7 Å². The summed E-state index contributed by atoms with van der Waals surface area (Å²) < 4.78 is 10.2. The molecule has 1 aromatic heterocycles. The first-order chi connectivity index (χ1) is 8.70. The second-order valence-corrected chi connectivity index (χ2v) is 4.28. The number of amides is 1. The van der Waals surface area contributed by atoms with Crippen molar-refractivity contribution in [3.05, 3.63) is 23.9 Å². The van der Waals surface area contributed by atoms with Crippen LogP contribution < -0.4 is 10.6 Å². The second kappa shape index (κ2) is 3.99. The van der Waals surface area contributed by atoms with Crippen molar-refractivity contribution in [1.29, 1.82) is 0 Å². The fourth-order valence-corrected chi connectivity index (χ4v) is 2.15. The minimum absolute atomic E-state index is 0.126. The summed E-state index contributed by atoms with van der Waals surface area (Å²) in [5.74, 6) is 0. The molecular weight excluding hydrogens is 234 g/mol. The van der Waals surface area contributed by atoms with Crippen molar-refractivity contribution in [2.24, 2.45) is 5.73 Å².